The summed E-state index contributed by atoms with van der Waals surface area (Å²) >= 11 is 0. The van der Waals surface area contributed by atoms with Gasteiger partial charge in [-0.3, -0.25) is 9.45 Å². The maximum Gasteiger partial charge on any atom is 0.264 e. The lowest BCUT2D eigenvalue weighted by Crippen LogP contribution is -2.61. The largest absolute Gasteiger partial charge is 0.374 e. The van der Waals surface area contributed by atoms with E-state index in [2.05, 4.69) is 5.32 Å². The second-order valence-electron chi connectivity index (χ2n) is 4.14. The average Bonchev–Trinajstić information content (AvgIpc) is 2.19. The van der Waals surface area contributed by atoms with E-state index in [1.165, 1.54) is 0 Å². The number of nitrogens with one attached hydrogen (secondary N) is 1. The van der Waals surface area contributed by atoms with Crippen LogP contribution in [-0.2, 0) is 10.1 Å². The van der Waals surface area contributed by atoms with Gasteiger partial charge in [-0.15, -0.1) is 0 Å². The maximum atomic E-state index is 10.6. The zero-order valence-electron chi connectivity index (χ0n) is 9.52. The van der Waals surface area contributed by atoms with Crippen molar-refractivity contribution in [2.24, 2.45) is 0 Å². The van der Waals surface area contributed by atoms with Gasteiger partial charge < -0.3 is 10.4 Å². The van der Waals surface area contributed by atoms with Gasteiger partial charge in [0, 0.05) is 26.2 Å². The quantitative estimate of drug-likeness (QED) is 0.559. The van der Waals surface area contributed by atoms with E-state index in [1.54, 1.807) is 0 Å². The molecule has 7 heteroatoms. The van der Waals surface area contributed by atoms with Crippen LogP contribution < -0.4 is 5.32 Å². The van der Waals surface area contributed by atoms with Crippen LogP contribution in [0.1, 0.15) is 19.8 Å². The van der Waals surface area contributed by atoms with Gasteiger partial charge in [-0.2, -0.15) is 8.42 Å². The van der Waals surface area contributed by atoms with Gasteiger partial charge in [0.2, 0.25) is 0 Å². The first-order valence-corrected chi connectivity index (χ1v) is 7.11. The van der Waals surface area contributed by atoms with Crippen molar-refractivity contribution < 1.29 is 18.1 Å². The van der Waals surface area contributed by atoms with Crippen LogP contribution in [0.5, 0.6) is 0 Å². The highest BCUT2D eigenvalue weighted by atomic mass is 32.2. The Kier molecular flexibility index (Phi) is 4.69. The molecule has 1 rings (SSSR count). The Morgan fingerprint density at radius 3 is 2.75 bits per heavy atom. The molecule has 0 aliphatic carbocycles. The molecule has 0 bridgehead atoms. The summed E-state index contributed by atoms with van der Waals surface area (Å²) in [6.07, 6.45) is 0.924. The predicted molar refractivity (Wildman–Crippen MR) is 60.7 cm³/mol. The molecular formula is C9H20N2O4S. The minimum Gasteiger partial charge on any atom is -0.374 e. The number of hydrogen-bond acceptors (Lipinski definition) is 5. The van der Waals surface area contributed by atoms with Crippen molar-refractivity contribution in [3.05, 3.63) is 0 Å². The Bertz CT molecular complexity index is 319. The van der Waals surface area contributed by atoms with Gasteiger partial charge in [0.25, 0.3) is 10.1 Å². The molecule has 1 atom stereocenters. The molecule has 0 aromatic rings. The highest BCUT2D eigenvalue weighted by molar-refractivity contribution is 7.85. The molecule has 1 saturated heterocycles. The second-order valence-corrected chi connectivity index (χ2v) is 5.71. The molecular weight excluding hydrogens is 232 g/mol. The maximum absolute atomic E-state index is 10.6. The van der Waals surface area contributed by atoms with Crippen LogP contribution >= 0.6 is 0 Å². The Labute approximate surface area is 96.4 Å². The molecule has 0 aromatic carbocycles. The Hall–Kier alpha value is -0.210. The summed E-state index contributed by atoms with van der Waals surface area (Å²) in [7, 11) is -3.89. The monoisotopic (exact) mass is 252 g/mol. The Morgan fingerprint density at radius 2 is 2.19 bits per heavy atom. The van der Waals surface area contributed by atoms with Crippen LogP contribution in [0.25, 0.3) is 0 Å². The fourth-order valence-electron chi connectivity index (χ4n) is 1.93. The minimum absolute atomic E-state index is 0.253. The molecule has 6 nitrogen and oxygen atoms in total. The molecule has 1 fully saturated rings. The molecule has 3 N–H and O–H groups in total. The highest BCUT2D eigenvalue weighted by Crippen LogP contribution is 2.18. The van der Waals surface area contributed by atoms with E-state index in [9.17, 15) is 13.5 Å². The normalized spacial score (nSPS) is 28.2. The number of nitrogens with zero attached hydrogens (tertiary/aromatic N) is 1. The van der Waals surface area contributed by atoms with Gasteiger partial charge in [0.05, 0.1) is 5.75 Å². The third kappa shape index (κ3) is 3.99. The molecule has 0 aromatic heterocycles. The summed E-state index contributed by atoms with van der Waals surface area (Å²) in [5, 5.41) is 13.3. The zero-order chi connectivity index (χ0) is 12.2. The summed E-state index contributed by atoms with van der Waals surface area (Å²) in [6, 6.07) is 0. The van der Waals surface area contributed by atoms with Gasteiger partial charge in [-0.05, 0) is 12.8 Å². The number of aliphatic hydroxyl groups is 1. The van der Waals surface area contributed by atoms with Crippen LogP contribution in [-0.4, -0.2) is 60.6 Å². The topological polar surface area (TPSA) is 89.9 Å². The number of hydrogen-bond donors (Lipinski definition) is 3. The second kappa shape index (κ2) is 5.42. The molecule has 1 heterocycles. The average molecular weight is 252 g/mol. The third-order valence-corrected chi connectivity index (χ3v) is 3.76. The fourth-order valence-corrected chi connectivity index (χ4v) is 2.42. The van der Waals surface area contributed by atoms with E-state index in [-0.39, 0.29) is 5.75 Å². The van der Waals surface area contributed by atoms with Gasteiger partial charge in [0.15, 0.2) is 0 Å². The first-order chi connectivity index (χ1) is 7.37. The van der Waals surface area contributed by atoms with Gasteiger partial charge in [-0.25, -0.2) is 0 Å². The van der Waals surface area contributed by atoms with Crippen molar-refractivity contribution in [3.8, 4) is 0 Å². The number of piperazine rings is 1. The lowest BCUT2D eigenvalue weighted by atomic mass is 10.1. The summed E-state index contributed by atoms with van der Waals surface area (Å²) in [6.45, 7) is 4.34. The van der Waals surface area contributed by atoms with Gasteiger partial charge in [0.1, 0.15) is 5.72 Å². The number of rotatable bonds is 5. The molecule has 0 amide bonds. The van der Waals surface area contributed by atoms with E-state index in [0.717, 1.165) is 6.54 Å². The molecule has 0 spiro atoms. The Balaban J connectivity index is 2.45. The molecule has 0 saturated carbocycles. The first-order valence-electron chi connectivity index (χ1n) is 5.51. The lowest BCUT2D eigenvalue weighted by molar-refractivity contribution is -0.122. The molecule has 1 aliphatic heterocycles. The van der Waals surface area contributed by atoms with Crippen molar-refractivity contribution in [2.75, 3.05) is 31.9 Å². The van der Waals surface area contributed by atoms with Crippen LogP contribution in [0.15, 0.2) is 0 Å². The van der Waals surface area contributed by atoms with Crippen molar-refractivity contribution >= 4 is 10.1 Å². The van der Waals surface area contributed by atoms with Crippen LogP contribution in [0.4, 0.5) is 0 Å². The Morgan fingerprint density at radius 1 is 1.50 bits per heavy atom. The molecule has 96 valence electrons. The smallest absolute Gasteiger partial charge is 0.264 e. The summed E-state index contributed by atoms with van der Waals surface area (Å²) in [5.41, 5.74) is -0.891. The van der Waals surface area contributed by atoms with Crippen LogP contribution in [0.2, 0.25) is 0 Å². The third-order valence-electron chi connectivity index (χ3n) is 2.95. The predicted octanol–water partition coefficient (Wildman–Crippen LogP) is -0.732. The fraction of sp³-hybridized carbons (Fsp3) is 1.00. The SMILES string of the molecule is CCC1(O)CNCCN1CCCS(=O)(=O)O. The summed E-state index contributed by atoms with van der Waals surface area (Å²) in [5.74, 6) is -0.253. The number of β-amino-alcohol motifs (C(OH)–C–C–N with tert-alkyl or cyclic N) is 1. The van der Waals surface area contributed by atoms with E-state index in [0.29, 0.717) is 32.5 Å². The first kappa shape index (κ1) is 13.9. The zero-order valence-corrected chi connectivity index (χ0v) is 10.3. The van der Waals surface area contributed by atoms with E-state index in [1.807, 2.05) is 11.8 Å². The van der Waals surface area contributed by atoms with Gasteiger partial charge >= 0.3 is 0 Å². The molecule has 0 radical (unpaired) electrons. The standard InChI is InChI=1S/C9H20N2O4S/c1-2-9(12)8-10-4-6-11(9)5-3-7-16(13,14)15/h10,12H,2-8H2,1H3,(H,13,14,15). The summed E-state index contributed by atoms with van der Waals surface area (Å²) in [4.78, 5) is 1.87. The van der Waals surface area contributed by atoms with Crippen LogP contribution in [0, 0.1) is 0 Å². The van der Waals surface area contributed by atoms with Crippen LogP contribution in [0.3, 0.4) is 0 Å². The summed E-state index contributed by atoms with van der Waals surface area (Å²) < 4.78 is 29.7. The van der Waals surface area contributed by atoms with E-state index < -0.39 is 15.8 Å². The van der Waals surface area contributed by atoms with Crippen molar-refractivity contribution in [1.29, 1.82) is 0 Å². The van der Waals surface area contributed by atoms with Gasteiger partial charge in [-0.1, -0.05) is 6.92 Å². The van der Waals surface area contributed by atoms with Crippen molar-refractivity contribution in [3.63, 3.8) is 0 Å². The minimum atomic E-state index is -3.89. The highest BCUT2D eigenvalue weighted by Gasteiger charge is 2.34. The molecule has 16 heavy (non-hydrogen) atoms. The lowest BCUT2D eigenvalue weighted by Gasteiger charge is -2.43. The van der Waals surface area contributed by atoms with E-state index >= 15 is 0 Å². The van der Waals surface area contributed by atoms with Crippen molar-refractivity contribution in [1.82, 2.24) is 10.2 Å². The molecule has 1 unspecified atom stereocenters. The van der Waals surface area contributed by atoms with Crippen molar-refractivity contribution in [2.45, 2.75) is 25.5 Å². The van der Waals surface area contributed by atoms with E-state index in [4.69, 9.17) is 4.55 Å². The molecule has 1 aliphatic rings.